The fourth-order valence-electron chi connectivity index (χ4n) is 2.58. The first-order valence-corrected chi connectivity index (χ1v) is 8.65. The molecule has 1 heterocycles. The van der Waals surface area contributed by atoms with Crippen LogP contribution in [-0.4, -0.2) is 23.0 Å². The SMILES string of the molecule is COc1ccc(NC(=O)c2cc(Nc3ccc(C)cc3C)ncn2)cc1Cl. The Morgan fingerprint density at radius 1 is 1.07 bits per heavy atom. The highest BCUT2D eigenvalue weighted by Gasteiger charge is 2.11. The zero-order valence-electron chi connectivity index (χ0n) is 15.2. The standard InChI is InChI=1S/C20H19ClN4O2/c1-12-4-6-16(13(2)8-12)25-19-10-17(22-11-23-19)20(26)24-14-5-7-18(27-3)15(21)9-14/h4-11H,1-3H3,(H,24,26)(H,22,23,25). The highest BCUT2D eigenvalue weighted by Crippen LogP contribution is 2.27. The number of hydrogen-bond donors (Lipinski definition) is 2. The first kappa shape index (κ1) is 18.7. The van der Waals surface area contributed by atoms with Crippen molar-refractivity contribution < 1.29 is 9.53 Å². The number of aryl methyl sites for hydroxylation is 2. The van der Waals surface area contributed by atoms with E-state index in [-0.39, 0.29) is 11.6 Å². The number of ether oxygens (including phenoxy) is 1. The summed E-state index contributed by atoms with van der Waals surface area (Å²) in [7, 11) is 1.53. The van der Waals surface area contributed by atoms with Gasteiger partial charge in [-0.3, -0.25) is 4.79 Å². The highest BCUT2D eigenvalue weighted by atomic mass is 35.5. The summed E-state index contributed by atoms with van der Waals surface area (Å²) in [4.78, 5) is 20.7. The fraction of sp³-hybridized carbons (Fsp3) is 0.150. The number of anilines is 3. The average molecular weight is 383 g/mol. The van der Waals surface area contributed by atoms with Gasteiger partial charge in [0.2, 0.25) is 0 Å². The molecule has 3 aromatic rings. The Hall–Kier alpha value is -3.12. The number of rotatable bonds is 5. The molecule has 1 amide bonds. The Kier molecular flexibility index (Phi) is 5.57. The summed E-state index contributed by atoms with van der Waals surface area (Å²) in [5.74, 6) is 0.717. The van der Waals surface area contributed by atoms with Gasteiger partial charge in [0.15, 0.2) is 0 Å². The average Bonchev–Trinajstić information content (AvgIpc) is 2.64. The van der Waals surface area contributed by atoms with Crippen molar-refractivity contribution in [2.24, 2.45) is 0 Å². The van der Waals surface area contributed by atoms with E-state index in [1.165, 1.54) is 19.0 Å². The van der Waals surface area contributed by atoms with E-state index in [0.717, 1.165) is 11.3 Å². The quantitative estimate of drug-likeness (QED) is 0.665. The molecule has 138 valence electrons. The van der Waals surface area contributed by atoms with Crippen LogP contribution in [0.15, 0.2) is 48.8 Å². The highest BCUT2D eigenvalue weighted by molar-refractivity contribution is 6.32. The number of benzene rings is 2. The maximum atomic E-state index is 12.5. The van der Waals surface area contributed by atoms with Crippen molar-refractivity contribution in [3.63, 3.8) is 0 Å². The monoisotopic (exact) mass is 382 g/mol. The summed E-state index contributed by atoms with van der Waals surface area (Å²) in [6, 6.07) is 12.7. The maximum Gasteiger partial charge on any atom is 0.274 e. The molecular weight excluding hydrogens is 364 g/mol. The number of carbonyl (C=O) groups excluding carboxylic acids is 1. The molecule has 0 saturated heterocycles. The second-order valence-corrected chi connectivity index (χ2v) is 6.44. The molecule has 1 aromatic heterocycles. The largest absolute Gasteiger partial charge is 0.495 e. The molecule has 6 nitrogen and oxygen atoms in total. The molecule has 0 aliphatic heterocycles. The van der Waals surface area contributed by atoms with Crippen molar-refractivity contribution in [1.29, 1.82) is 0 Å². The molecule has 27 heavy (non-hydrogen) atoms. The number of nitrogens with zero attached hydrogens (tertiary/aromatic N) is 2. The van der Waals surface area contributed by atoms with E-state index in [9.17, 15) is 4.79 Å². The summed E-state index contributed by atoms with van der Waals surface area (Å²) in [6.07, 6.45) is 1.35. The number of nitrogens with one attached hydrogen (secondary N) is 2. The smallest absolute Gasteiger partial charge is 0.274 e. The van der Waals surface area contributed by atoms with Crippen LogP contribution in [0.1, 0.15) is 21.6 Å². The summed E-state index contributed by atoms with van der Waals surface area (Å²) in [6.45, 7) is 4.05. The van der Waals surface area contributed by atoms with Crippen LogP contribution in [0, 0.1) is 13.8 Å². The third kappa shape index (κ3) is 4.54. The number of methoxy groups -OCH3 is 1. The Bertz CT molecular complexity index is 991. The van der Waals surface area contributed by atoms with Gasteiger partial charge in [-0.2, -0.15) is 0 Å². The molecule has 2 aromatic carbocycles. The van der Waals surface area contributed by atoms with Crippen LogP contribution < -0.4 is 15.4 Å². The number of carbonyl (C=O) groups is 1. The first-order valence-electron chi connectivity index (χ1n) is 8.27. The number of halogens is 1. The predicted octanol–water partition coefficient (Wildman–Crippen LogP) is 4.75. The lowest BCUT2D eigenvalue weighted by Crippen LogP contribution is -2.14. The lowest BCUT2D eigenvalue weighted by atomic mass is 10.1. The van der Waals surface area contributed by atoms with Gasteiger partial charge in [0.1, 0.15) is 23.6 Å². The van der Waals surface area contributed by atoms with Gasteiger partial charge in [-0.25, -0.2) is 9.97 Å². The van der Waals surface area contributed by atoms with Gasteiger partial charge in [-0.1, -0.05) is 29.3 Å². The van der Waals surface area contributed by atoms with Crippen LogP contribution in [-0.2, 0) is 0 Å². The molecule has 0 aliphatic carbocycles. The molecule has 0 bridgehead atoms. The van der Waals surface area contributed by atoms with Crippen molar-refractivity contribution in [3.05, 3.63) is 70.6 Å². The zero-order valence-corrected chi connectivity index (χ0v) is 16.0. The minimum atomic E-state index is -0.359. The van der Waals surface area contributed by atoms with Gasteiger partial charge in [-0.05, 0) is 43.7 Å². The van der Waals surface area contributed by atoms with Crippen LogP contribution in [0.5, 0.6) is 5.75 Å². The van der Waals surface area contributed by atoms with Crippen LogP contribution in [0.4, 0.5) is 17.2 Å². The molecule has 2 N–H and O–H groups in total. The minimum absolute atomic E-state index is 0.240. The molecule has 0 atom stereocenters. The Balaban J connectivity index is 1.76. The predicted molar refractivity (Wildman–Crippen MR) is 107 cm³/mol. The molecule has 0 unspecified atom stereocenters. The molecule has 0 fully saturated rings. The summed E-state index contributed by atoms with van der Waals surface area (Å²) in [5.41, 5.74) is 3.98. The number of amides is 1. The molecule has 0 saturated carbocycles. The molecule has 7 heteroatoms. The normalized spacial score (nSPS) is 10.4. The van der Waals surface area contributed by atoms with Crippen LogP contribution in [0.2, 0.25) is 5.02 Å². The zero-order chi connectivity index (χ0) is 19.4. The second-order valence-electron chi connectivity index (χ2n) is 6.04. The van der Waals surface area contributed by atoms with Crippen molar-refractivity contribution in [1.82, 2.24) is 9.97 Å². The Morgan fingerprint density at radius 3 is 2.59 bits per heavy atom. The van der Waals surface area contributed by atoms with E-state index in [1.54, 1.807) is 24.3 Å². The minimum Gasteiger partial charge on any atom is -0.495 e. The number of hydrogen-bond acceptors (Lipinski definition) is 5. The van der Waals surface area contributed by atoms with E-state index in [4.69, 9.17) is 16.3 Å². The summed E-state index contributed by atoms with van der Waals surface area (Å²) < 4.78 is 5.11. The van der Waals surface area contributed by atoms with Crippen LogP contribution in [0.25, 0.3) is 0 Å². The summed E-state index contributed by atoms with van der Waals surface area (Å²) >= 11 is 6.09. The van der Waals surface area contributed by atoms with Gasteiger partial charge in [0.05, 0.1) is 12.1 Å². The lowest BCUT2D eigenvalue weighted by Gasteiger charge is -2.11. The van der Waals surface area contributed by atoms with Crippen molar-refractivity contribution >= 4 is 34.7 Å². The molecule has 0 spiro atoms. The molecular formula is C20H19ClN4O2. The van der Waals surface area contributed by atoms with E-state index >= 15 is 0 Å². The Labute approximate surface area is 162 Å². The Morgan fingerprint density at radius 2 is 1.89 bits per heavy atom. The van der Waals surface area contributed by atoms with Crippen molar-refractivity contribution in [3.8, 4) is 5.75 Å². The lowest BCUT2D eigenvalue weighted by molar-refractivity contribution is 0.102. The van der Waals surface area contributed by atoms with E-state index in [1.807, 2.05) is 26.0 Å². The third-order valence-electron chi connectivity index (χ3n) is 3.95. The number of aromatic nitrogens is 2. The van der Waals surface area contributed by atoms with Gasteiger partial charge < -0.3 is 15.4 Å². The second kappa shape index (κ2) is 8.05. The van der Waals surface area contributed by atoms with E-state index < -0.39 is 0 Å². The first-order chi connectivity index (χ1) is 13.0. The van der Waals surface area contributed by atoms with E-state index in [2.05, 4.69) is 26.7 Å². The van der Waals surface area contributed by atoms with Crippen molar-refractivity contribution in [2.75, 3.05) is 17.7 Å². The van der Waals surface area contributed by atoms with Gasteiger partial charge in [0, 0.05) is 17.4 Å². The maximum absolute atomic E-state index is 12.5. The molecule has 0 aliphatic rings. The molecule has 0 radical (unpaired) electrons. The van der Waals surface area contributed by atoms with Crippen molar-refractivity contribution in [2.45, 2.75) is 13.8 Å². The van der Waals surface area contributed by atoms with Crippen LogP contribution >= 0.6 is 11.6 Å². The fourth-order valence-corrected chi connectivity index (χ4v) is 2.84. The summed E-state index contributed by atoms with van der Waals surface area (Å²) in [5, 5.41) is 6.39. The van der Waals surface area contributed by atoms with Gasteiger partial charge >= 0.3 is 0 Å². The molecule has 3 rings (SSSR count). The van der Waals surface area contributed by atoms with Crippen LogP contribution in [0.3, 0.4) is 0 Å². The van der Waals surface area contributed by atoms with E-state index in [0.29, 0.717) is 22.3 Å². The van der Waals surface area contributed by atoms with Gasteiger partial charge in [-0.15, -0.1) is 0 Å². The van der Waals surface area contributed by atoms with Gasteiger partial charge in [0.25, 0.3) is 5.91 Å². The topological polar surface area (TPSA) is 76.1 Å². The third-order valence-corrected chi connectivity index (χ3v) is 4.25.